The summed E-state index contributed by atoms with van der Waals surface area (Å²) in [6.45, 7) is 2.95. The molecular weight excluding hydrogens is 264 g/mol. The number of rotatable bonds is 3. The molecule has 1 aromatic rings. The summed E-state index contributed by atoms with van der Waals surface area (Å²) in [5.41, 5.74) is 1.30. The minimum Gasteiger partial charge on any atom is -0.464 e. The summed E-state index contributed by atoms with van der Waals surface area (Å²) in [5.74, 6) is -0.208. The molecule has 1 heterocycles. The van der Waals surface area contributed by atoms with Crippen molar-refractivity contribution in [2.75, 3.05) is 18.1 Å². The zero-order valence-electron chi connectivity index (χ0n) is 10.7. The standard InChI is InChI=1S/C14H15ClN2O2/c1-2-19-14(18)13-4-3-7-17(13)12-6-5-10(9-16)8-11(12)15/h5-6,8,13H,2-4,7H2,1H3. The van der Waals surface area contributed by atoms with E-state index >= 15 is 0 Å². The first kappa shape index (κ1) is 13.7. The van der Waals surface area contributed by atoms with Crippen LogP contribution in [0.4, 0.5) is 5.69 Å². The second kappa shape index (κ2) is 5.94. The van der Waals surface area contributed by atoms with Gasteiger partial charge in [0.1, 0.15) is 6.04 Å². The highest BCUT2D eigenvalue weighted by molar-refractivity contribution is 6.33. The number of halogens is 1. The van der Waals surface area contributed by atoms with Gasteiger partial charge in [0.2, 0.25) is 0 Å². The second-order valence-corrected chi connectivity index (χ2v) is 4.79. The van der Waals surface area contributed by atoms with E-state index in [2.05, 4.69) is 0 Å². The third kappa shape index (κ3) is 2.82. The predicted molar refractivity (Wildman–Crippen MR) is 73.2 cm³/mol. The first-order valence-corrected chi connectivity index (χ1v) is 6.68. The van der Waals surface area contributed by atoms with Gasteiger partial charge >= 0.3 is 5.97 Å². The van der Waals surface area contributed by atoms with Crippen molar-refractivity contribution in [1.29, 1.82) is 5.26 Å². The van der Waals surface area contributed by atoms with Crippen LogP contribution in [0.25, 0.3) is 0 Å². The molecule has 1 saturated heterocycles. The van der Waals surface area contributed by atoms with Crippen LogP contribution in [0.3, 0.4) is 0 Å². The highest BCUT2D eigenvalue weighted by Crippen LogP contribution is 2.32. The molecule has 1 unspecified atom stereocenters. The van der Waals surface area contributed by atoms with Crippen molar-refractivity contribution in [1.82, 2.24) is 0 Å². The summed E-state index contributed by atoms with van der Waals surface area (Å²) < 4.78 is 5.09. The highest BCUT2D eigenvalue weighted by atomic mass is 35.5. The first-order chi connectivity index (χ1) is 9.17. The van der Waals surface area contributed by atoms with Crippen molar-refractivity contribution in [2.45, 2.75) is 25.8 Å². The number of nitrogens with zero attached hydrogens (tertiary/aromatic N) is 2. The summed E-state index contributed by atoms with van der Waals surface area (Å²) in [6, 6.07) is 6.90. The van der Waals surface area contributed by atoms with Gasteiger partial charge in [-0.15, -0.1) is 0 Å². The molecule has 100 valence electrons. The number of hydrogen-bond acceptors (Lipinski definition) is 4. The summed E-state index contributed by atoms with van der Waals surface area (Å²) in [6.07, 6.45) is 1.70. The van der Waals surface area contributed by atoms with Gasteiger partial charge in [-0.3, -0.25) is 0 Å². The lowest BCUT2D eigenvalue weighted by Crippen LogP contribution is -2.37. The van der Waals surface area contributed by atoms with Crippen LogP contribution >= 0.6 is 11.6 Å². The summed E-state index contributed by atoms with van der Waals surface area (Å²) in [5, 5.41) is 9.33. The van der Waals surface area contributed by atoms with Gasteiger partial charge in [0.25, 0.3) is 0 Å². The molecule has 0 radical (unpaired) electrons. The first-order valence-electron chi connectivity index (χ1n) is 6.30. The lowest BCUT2D eigenvalue weighted by molar-refractivity contribution is -0.144. The van der Waals surface area contributed by atoms with Crippen molar-refractivity contribution < 1.29 is 9.53 Å². The van der Waals surface area contributed by atoms with Crippen molar-refractivity contribution in [3.63, 3.8) is 0 Å². The molecular formula is C14H15ClN2O2. The fourth-order valence-electron chi connectivity index (χ4n) is 2.35. The number of carbonyl (C=O) groups excluding carboxylic acids is 1. The number of carbonyl (C=O) groups is 1. The van der Waals surface area contributed by atoms with Crippen LogP contribution in [0.2, 0.25) is 5.02 Å². The van der Waals surface area contributed by atoms with Gasteiger partial charge < -0.3 is 9.64 Å². The van der Waals surface area contributed by atoms with Gasteiger partial charge in [-0.1, -0.05) is 11.6 Å². The molecule has 1 aromatic carbocycles. The van der Waals surface area contributed by atoms with E-state index in [1.165, 1.54) is 0 Å². The Morgan fingerprint density at radius 1 is 1.63 bits per heavy atom. The molecule has 1 aliphatic heterocycles. The molecule has 1 fully saturated rings. The third-order valence-electron chi connectivity index (χ3n) is 3.20. The van der Waals surface area contributed by atoms with Crippen LogP contribution in [0.5, 0.6) is 0 Å². The number of esters is 1. The second-order valence-electron chi connectivity index (χ2n) is 4.38. The van der Waals surface area contributed by atoms with Gasteiger partial charge in [0, 0.05) is 6.54 Å². The fourth-order valence-corrected chi connectivity index (χ4v) is 2.64. The maximum atomic E-state index is 11.9. The van der Waals surface area contributed by atoms with Crippen LogP contribution in [0, 0.1) is 11.3 Å². The summed E-state index contributed by atoms with van der Waals surface area (Å²) in [7, 11) is 0. The van der Waals surface area contributed by atoms with Crippen LogP contribution in [-0.2, 0) is 9.53 Å². The number of hydrogen-bond donors (Lipinski definition) is 0. The van der Waals surface area contributed by atoms with Crippen molar-refractivity contribution in [2.24, 2.45) is 0 Å². The fraction of sp³-hybridized carbons (Fsp3) is 0.429. The normalized spacial score (nSPS) is 18.2. The number of anilines is 1. The maximum Gasteiger partial charge on any atom is 0.328 e. The van der Waals surface area contributed by atoms with Gasteiger partial charge in [-0.2, -0.15) is 5.26 Å². The van der Waals surface area contributed by atoms with E-state index in [9.17, 15) is 4.79 Å². The van der Waals surface area contributed by atoms with E-state index in [1.54, 1.807) is 25.1 Å². The smallest absolute Gasteiger partial charge is 0.328 e. The molecule has 19 heavy (non-hydrogen) atoms. The number of benzene rings is 1. The molecule has 1 aliphatic rings. The van der Waals surface area contributed by atoms with Crippen LogP contribution in [-0.4, -0.2) is 25.2 Å². The van der Waals surface area contributed by atoms with Gasteiger partial charge in [0.05, 0.1) is 28.9 Å². The Morgan fingerprint density at radius 2 is 2.42 bits per heavy atom. The maximum absolute atomic E-state index is 11.9. The average Bonchev–Trinajstić information content (AvgIpc) is 2.88. The zero-order valence-corrected chi connectivity index (χ0v) is 11.5. The average molecular weight is 279 g/mol. The minimum atomic E-state index is -0.273. The monoisotopic (exact) mass is 278 g/mol. The minimum absolute atomic E-state index is 0.208. The molecule has 2 rings (SSSR count). The Balaban J connectivity index is 2.25. The van der Waals surface area contributed by atoms with Crippen molar-refractivity contribution in [3.8, 4) is 6.07 Å². The quantitative estimate of drug-likeness (QED) is 0.798. The Bertz CT molecular complexity index is 525. The molecule has 5 heteroatoms. The van der Waals surface area contributed by atoms with E-state index in [4.69, 9.17) is 21.6 Å². The lowest BCUT2D eigenvalue weighted by atomic mass is 10.2. The Morgan fingerprint density at radius 3 is 3.05 bits per heavy atom. The SMILES string of the molecule is CCOC(=O)C1CCCN1c1ccc(C#N)cc1Cl. The lowest BCUT2D eigenvalue weighted by Gasteiger charge is -2.26. The van der Waals surface area contributed by atoms with E-state index < -0.39 is 0 Å². The highest BCUT2D eigenvalue weighted by Gasteiger charge is 2.32. The van der Waals surface area contributed by atoms with Gasteiger partial charge in [-0.25, -0.2) is 4.79 Å². The third-order valence-corrected chi connectivity index (χ3v) is 3.50. The van der Waals surface area contributed by atoms with E-state index in [0.717, 1.165) is 25.1 Å². The molecule has 0 amide bonds. The summed E-state index contributed by atoms with van der Waals surface area (Å²) >= 11 is 6.19. The van der Waals surface area contributed by atoms with Crippen molar-refractivity contribution in [3.05, 3.63) is 28.8 Å². The van der Waals surface area contributed by atoms with E-state index in [1.807, 2.05) is 11.0 Å². The Kier molecular flexibility index (Phi) is 4.28. The molecule has 4 nitrogen and oxygen atoms in total. The van der Waals surface area contributed by atoms with Crippen molar-refractivity contribution >= 4 is 23.3 Å². The van der Waals surface area contributed by atoms with Gasteiger partial charge in [0.15, 0.2) is 0 Å². The molecule has 0 bridgehead atoms. The largest absolute Gasteiger partial charge is 0.464 e. The Labute approximate surface area is 117 Å². The topological polar surface area (TPSA) is 53.3 Å². The van der Waals surface area contributed by atoms with Crippen LogP contribution in [0.1, 0.15) is 25.3 Å². The van der Waals surface area contributed by atoms with Gasteiger partial charge in [-0.05, 0) is 38.0 Å². The summed E-state index contributed by atoms with van der Waals surface area (Å²) in [4.78, 5) is 13.9. The Hall–Kier alpha value is -1.73. The number of nitriles is 1. The molecule has 1 atom stereocenters. The zero-order chi connectivity index (χ0) is 13.8. The number of ether oxygens (including phenoxy) is 1. The molecule has 0 N–H and O–H groups in total. The van der Waals surface area contributed by atoms with Crippen LogP contribution < -0.4 is 4.90 Å². The molecule has 0 aliphatic carbocycles. The van der Waals surface area contributed by atoms with Crippen LogP contribution in [0.15, 0.2) is 18.2 Å². The molecule has 0 aromatic heterocycles. The molecule has 0 spiro atoms. The molecule has 0 saturated carbocycles. The van der Waals surface area contributed by atoms with E-state index in [-0.39, 0.29) is 12.0 Å². The predicted octanol–water partition coefficient (Wildman–Crippen LogP) is 2.74. The van der Waals surface area contributed by atoms with E-state index in [0.29, 0.717) is 17.2 Å².